The molecule has 2 aliphatic rings. The number of fused-ring (bicyclic) bond motifs is 1. The Morgan fingerprint density at radius 3 is 2.94 bits per heavy atom. The molecule has 1 aliphatic carbocycles. The molecule has 1 unspecified atom stereocenters. The van der Waals surface area contributed by atoms with E-state index < -0.39 is 0 Å². The number of pyridine rings is 1. The molecule has 16 heavy (non-hydrogen) atoms. The maximum Gasteiger partial charge on any atom is 0.0366 e. The van der Waals surface area contributed by atoms with Crippen LogP contribution in [0.2, 0.25) is 0 Å². The van der Waals surface area contributed by atoms with Gasteiger partial charge in [0.25, 0.3) is 0 Å². The lowest BCUT2D eigenvalue weighted by Gasteiger charge is -2.35. The van der Waals surface area contributed by atoms with Crippen LogP contribution in [0.25, 0.3) is 0 Å². The Labute approximate surface area is 97.5 Å². The van der Waals surface area contributed by atoms with Crippen LogP contribution in [0.5, 0.6) is 0 Å². The van der Waals surface area contributed by atoms with Gasteiger partial charge in [0.05, 0.1) is 0 Å². The van der Waals surface area contributed by atoms with Crippen LogP contribution < -0.4 is 5.32 Å². The van der Waals surface area contributed by atoms with Gasteiger partial charge >= 0.3 is 0 Å². The SMILES string of the molecule is c1cc2c(cn1)C(C1CCCCC1)NCC2. The maximum absolute atomic E-state index is 4.30. The summed E-state index contributed by atoms with van der Waals surface area (Å²) in [5, 5.41) is 3.70. The average molecular weight is 216 g/mol. The van der Waals surface area contributed by atoms with Crippen molar-refractivity contribution in [2.75, 3.05) is 6.54 Å². The van der Waals surface area contributed by atoms with E-state index in [1.165, 1.54) is 49.7 Å². The summed E-state index contributed by atoms with van der Waals surface area (Å²) in [6, 6.07) is 2.78. The predicted octanol–water partition coefficient (Wildman–Crippen LogP) is 2.85. The van der Waals surface area contributed by atoms with Gasteiger partial charge < -0.3 is 5.32 Å². The molecule has 0 radical (unpaired) electrons. The molecule has 1 aromatic heterocycles. The van der Waals surface area contributed by atoms with Crippen molar-refractivity contribution in [1.82, 2.24) is 10.3 Å². The van der Waals surface area contributed by atoms with Crippen molar-refractivity contribution in [2.45, 2.75) is 44.6 Å². The number of rotatable bonds is 1. The molecule has 0 spiro atoms. The Bertz CT molecular complexity index is 356. The topological polar surface area (TPSA) is 24.9 Å². The third-order valence-electron chi connectivity index (χ3n) is 4.16. The van der Waals surface area contributed by atoms with E-state index in [1.807, 2.05) is 6.20 Å². The second kappa shape index (κ2) is 4.54. The summed E-state index contributed by atoms with van der Waals surface area (Å²) in [6.45, 7) is 1.14. The van der Waals surface area contributed by atoms with Gasteiger partial charge in [-0.1, -0.05) is 19.3 Å². The summed E-state index contributed by atoms with van der Waals surface area (Å²) >= 11 is 0. The first-order valence-electron chi connectivity index (χ1n) is 6.61. The van der Waals surface area contributed by atoms with Gasteiger partial charge in [-0.15, -0.1) is 0 Å². The second-order valence-corrected chi connectivity index (χ2v) is 5.15. The van der Waals surface area contributed by atoms with Crippen LogP contribution in [0.3, 0.4) is 0 Å². The van der Waals surface area contributed by atoms with Crippen LogP contribution in [0.15, 0.2) is 18.5 Å². The number of hydrogen-bond donors (Lipinski definition) is 1. The lowest BCUT2D eigenvalue weighted by atomic mass is 9.79. The molecule has 2 heterocycles. The molecule has 0 bridgehead atoms. The molecule has 0 amide bonds. The van der Waals surface area contributed by atoms with Gasteiger partial charge in [-0.05, 0) is 48.9 Å². The van der Waals surface area contributed by atoms with Crippen LogP contribution >= 0.6 is 0 Å². The van der Waals surface area contributed by atoms with Crippen LogP contribution in [0, 0.1) is 5.92 Å². The summed E-state index contributed by atoms with van der Waals surface area (Å²) in [6.07, 6.45) is 12.2. The minimum absolute atomic E-state index is 0.581. The van der Waals surface area contributed by atoms with Crippen molar-refractivity contribution in [3.05, 3.63) is 29.6 Å². The zero-order valence-corrected chi connectivity index (χ0v) is 9.78. The first-order valence-corrected chi connectivity index (χ1v) is 6.61. The summed E-state index contributed by atoms with van der Waals surface area (Å²) in [7, 11) is 0. The van der Waals surface area contributed by atoms with E-state index in [-0.39, 0.29) is 0 Å². The molecule has 0 aromatic carbocycles. The van der Waals surface area contributed by atoms with Crippen molar-refractivity contribution >= 4 is 0 Å². The third-order valence-corrected chi connectivity index (χ3v) is 4.16. The van der Waals surface area contributed by atoms with Gasteiger partial charge in [-0.25, -0.2) is 0 Å². The Morgan fingerprint density at radius 2 is 2.06 bits per heavy atom. The lowest BCUT2D eigenvalue weighted by molar-refractivity contribution is 0.264. The normalized spacial score (nSPS) is 26.4. The Balaban J connectivity index is 1.86. The smallest absolute Gasteiger partial charge is 0.0366 e. The van der Waals surface area contributed by atoms with Crippen molar-refractivity contribution in [3.63, 3.8) is 0 Å². The van der Waals surface area contributed by atoms with Gasteiger partial charge in [0.2, 0.25) is 0 Å². The van der Waals surface area contributed by atoms with Crippen LogP contribution in [-0.2, 0) is 6.42 Å². The minimum Gasteiger partial charge on any atom is -0.309 e. The summed E-state index contributed by atoms with van der Waals surface area (Å²) in [5.74, 6) is 0.844. The van der Waals surface area contributed by atoms with Crippen LogP contribution in [-0.4, -0.2) is 11.5 Å². The second-order valence-electron chi connectivity index (χ2n) is 5.15. The first kappa shape index (κ1) is 10.3. The van der Waals surface area contributed by atoms with Gasteiger partial charge in [0.15, 0.2) is 0 Å². The number of nitrogens with one attached hydrogen (secondary N) is 1. The fraction of sp³-hybridized carbons (Fsp3) is 0.643. The number of aromatic nitrogens is 1. The summed E-state index contributed by atoms with van der Waals surface area (Å²) in [5.41, 5.74) is 2.99. The average Bonchev–Trinajstić information content (AvgIpc) is 2.39. The van der Waals surface area contributed by atoms with E-state index in [1.54, 1.807) is 0 Å². The molecule has 0 saturated heterocycles. The Morgan fingerprint density at radius 1 is 1.19 bits per heavy atom. The van der Waals surface area contributed by atoms with E-state index in [9.17, 15) is 0 Å². The first-order chi connectivity index (χ1) is 7.95. The molecular weight excluding hydrogens is 196 g/mol. The van der Waals surface area contributed by atoms with E-state index in [4.69, 9.17) is 0 Å². The van der Waals surface area contributed by atoms with E-state index in [2.05, 4.69) is 22.6 Å². The number of nitrogens with zero attached hydrogens (tertiary/aromatic N) is 1. The molecule has 3 rings (SSSR count). The van der Waals surface area contributed by atoms with Gasteiger partial charge in [0.1, 0.15) is 0 Å². The summed E-state index contributed by atoms with van der Waals surface area (Å²) in [4.78, 5) is 4.30. The molecule has 1 aliphatic heterocycles. The molecule has 86 valence electrons. The summed E-state index contributed by atoms with van der Waals surface area (Å²) < 4.78 is 0. The highest BCUT2D eigenvalue weighted by Crippen LogP contribution is 2.36. The molecule has 2 nitrogen and oxygen atoms in total. The molecule has 1 saturated carbocycles. The van der Waals surface area contributed by atoms with Crippen molar-refractivity contribution < 1.29 is 0 Å². The quantitative estimate of drug-likeness (QED) is 0.781. The molecule has 1 fully saturated rings. The zero-order chi connectivity index (χ0) is 10.8. The van der Waals surface area contributed by atoms with E-state index in [0.29, 0.717) is 6.04 Å². The standard InChI is InChI=1S/C14H20N2/c1-2-4-12(5-3-1)14-13-10-15-8-6-11(13)7-9-16-14/h6,8,10,12,14,16H,1-5,7,9H2. The van der Waals surface area contributed by atoms with Crippen LogP contribution in [0.4, 0.5) is 0 Å². The number of hydrogen-bond acceptors (Lipinski definition) is 2. The third kappa shape index (κ3) is 1.86. The van der Waals surface area contributed by atoms with Crippen LogP contribution in [0.1, 0.15) is 49.3 Å². The van der Waals surface area contributed by atoms with Crippen molar-refractivity contribution in [1.29, 1.82) is 0 Å². The molecule has 1 atom stereocenters. The molecule has 2 heteroatoms. The van der Waals surface area contributed by atoms with Gasteiger partial charge in [0, 0.05) is 18.4 Å². The maximum atomic E-state index is 4.30. The Hall–Kier alpha value is -0.890. The van der Waals surface area contributed by atoms with Gasteiger partial charge in [-0.2, -0.15) is 0 Å². The predicted molar refractivity (Wildman–Crippen MR) is 65.3 cm³/mol. The Kier molecular flexibility index (Phi) is 2.92. The van der Waals surface area contributed by atoms with E-state index in [0.717, 1.165) is 12.5 Å². The fourth-order valence-corrected chi connectivity index (χ4v) is 3.30. The van der Waals surface area contributed by atoms with E-state index >= 15 is 0 Å². The zero-order valence-electron chi connectivity index (χ0n) is 9.78. The monoisotopic (exact) mass is 216 g/mol. The fourth-order valence-electron chi connectivity index (χ4n) is 3.30. The molecule has 1 N–H and O–H groups in total. The highest BCUT2D eigenvalue weighted by Gasteiger charge is 2.28. The highest BCUT2D eigenvalue weighted by molar-refractivity contribution is 5.29. The van der Waals surface area contributed by atoms with Crippen molar-refractivity contribution in [2.24, 2.45) is 5.92 Å². The van der Waals surface area contributed by atoms with Gasteiger partial charge in [-0.3, -0.25) is 4.98 Å². The van der Waals surface area contributed by atoms with Crippen molar-refractivity contribution in [3.8, 4) is 0 Å². The highest BCUT2D eigenvalue weighted by atomic mass is 14.9. The lowest BCUT2D eigenvalue weighted by Crippen LogP contribution is -2.35. The molecular formula is C14H20N2. The minimum atomic E-state index is 0.581. The largest absolute Gasteiger partial charge is 0.309 e. The molecule has 1 aromatic rings.